The van der Waals surface area contributed by atoms with Crippen molar-refractivity contribution >= 4 is 0 Å². The molecule has 6 N–H and O–H groups in total. The minimum Gasteiger partial charge on any atom is -0.328 e. The monoisotopic (exact) mass is 261 g/mol. The Labute approximate surface area is 116 Å². The highest BCUT2D eigenvalue weighted by molar-refractivity contribution is 5.32. The third kappa shape index (κ3) is 3.16. The van der Waals surface area contributed by atoms with E-state index in [1.54, 1.807) is 0 Å². The Kier molecular flexibility index (Phi) is 3.74. The van der Waals surface area contributed by atoms with Crippen LogP contribution in [0.15, 0.2) is 24.3 Å². The first-order valence-corrected chi connectivity index (χ1v) is 7.12. The highest BCUT2D eigenvalue weighted by Gasteiger charge is 2.36. The van der Waals surface area contributed by atoms with Crippen molar-refractivity contribution in [1.82, 2.24) is 0 Å². The molecule has 0 bridgehead atoms. The maximum atomic E-state index is 6.56. The Bertz CT molecular complexity index is 420. The second kappa shape index (κ2) is 4.89. The molecule has 2 atom stereocenters. The van der Waals surface area contributed by atoms with Crippen molar-refractivity contribution in [3.05, 3.63) is 35.4 Å². The van der Waals surface area contributed by atoms with Crippen LogP contribution < -0.4 is 17.2 Å². The predicted octanol–water partition coefficient (Wildman–Crippen LogP) is 1.98. The van der Waals surface area contributed by atoms with Gasteiger partial charge in [-0.2, -0.15) is 0 Å². The average molecular weight is 261 g/mol. The molecule has 0 amide bonds. The molecule has 0 spiro atoms. The molecule has 3 nitrogen and oxygen atoms in total. The summed E-state index contributed by atoms with van der Waals surface area (Å²) in [6, 6.07) is 8.86. The summed E-state index contributed by atoms with van der Waals surface area (Å²) in [5, 5.41) is 0. The van der Waals surface area contributed by atoms with E-state index in [1.165, 1.54) is 5.56 Å². The zero-order valence-electron chi connectivity index (χ0n) is 12.3. The van der Waals surface area contributed by atoms with Gasteiger partial charge < -0.3 is 17.2 Å². The Morgan fingerprint density at radius 2 is 1.47 bits per heavy atom. The van der Waals surface area contributed by atoms with Crippen molar-refractivity contribution in [2.24, 2.45) is 17.2 Å². The molecule has 3 heteroatoms. The van der Waals surface area contributed by atoms with Gasteiger partial charge in [-0.15, -0.1) is 0 Å². The van der Waals surface area contributed by atoms with E-state index in [-0.39, 0.29) is 23.0 Å². The molecule has 0 heterocycles. The maximum Gasteiger partial charge on any atom is 0.0439 e. The average Bonchev–Trinajstić information content (AvgIpc) is 2.26. The zero-order valence-corrected chi connectivity index (χ0v) is 12.3. The summed E-state index contributed by atoms with van der Waals surface area (Å²) in [6.07, 6.45) is 2.50. The lowest BCUT2D eigenvalue weighted by atomic mass is 9.73. The van der Waals surface area contributed by atoms with Gasteiger partial charge in [-0.05, 0) is 35.8 Å². The van der Waals surface area contributed by atoms with Crippen molar-refractivity contribution in [1.29, 1.82) is 0 Å². The van der Waals surface area contributed by atoms with Crippen molar-refractivity contribution in [3.8, 4) is 0 Å². The van der Waals surface area contributed by atoms with E-state index < -0.39 is 0 Å². The van der Waals surface area contributed by atoms with E-state index in [0.29, 0.717) is 0 Å². The summed E-state index contributed by atoms with van der Waals surface area (Å²) < 4.78 is 0. The summed E-state index contributed by atoms with van der Waals surface area (Å²) in [7, 11) is 0. The van der Waals surface area contributed by atoms with Crippen LogP contribution in [0.2, 0.25) is 0 Å². The summed E-state index contributed by atoms with van der Waals surface area (Å²) in [5.74, 6) is 0. The van der Waals surface area contributed by atoms with Crippen LogP contribution in [-0.4, -0.2) is 12.1 Å². The molecule has 19 heavy (non-hydrogen) atoms. The fourth-order valence-corrected chi connectivity index (χ4v) is 3.11. The van der Waals surface area contributed by atoms with Gasteiger partial charge in [-0.25, -0.2) is 0 Å². The fraction of sp³-hybridized carbons (Fsp3) is 0.625. The van der Waals surface area contributed by atoms with E-state index in [2.05, 4.69) is 45.0 Å². The van der Waals surface area contributed by atoms with Crippen LogP contribution in [0.25, 0.3) is 0 Å². The van der Waals surface area contributed by atoms with Crippen LogP contribution in [-0.2, 0) is 11.0 Å². The Morgan fingerprint density at radius 1 is 1.00 bits per heavy atom. The molecule has 0 aliphatic heterocycles. The van der Waals surface area contributed by atoms with Gasteiger partial charge in [0.25, 0.3) is 0 Å². The van der Waals surface area contributed by atoms with Gasteiger partial charge in [0.1, 0.15) is 0 Å². The van der Waals surface area contributed by atoms with E-state index in [0.717, 1.165) is 24.8 Å². The van der Waals surface area contributed by atoms with Crippen LogP contribution >= 0.6 is 0 Å². The number of nitrogens with two attached hydrogens (primary N) is 3. The molecule has 0 radical (unpaired) electrons. The Hall–Kier alpha value is -0.900. The number of rotatable bonds is 1. The quantitative estimate of drug-likeness (QED) is 0.723. The molecular weight excluding hydrogens is 234 g/mol. The molecule has 1 fully saturated rings. The van der Waals surface area contributed by atoms with Crippen LogP contribution in [0.1, 0.15) is 51.2 Å². The van der Waals surface area contributed by atoms with Gasteiger partial charge in [-0.1, -0.05) is 45.0 Å². The third-order valence-corrected chi connectivity index (χ3v) is 4.18. The lowest BCUT2D eigenvalue weighted by Crippen LogP contribution is -2.52. The zero-order chi connectivity index (χ0) is 14.3. The molecular formula is C16H27N3. The van der Waals surface area contributed by atoms with Gasteiger partial charge in [0.15, 0.2) is 0 Å². The van der Waals surface area contributed by atoms with E-state index in [4.69, 9.17) is 17.2 Å². The van der Waals surface area contributed by atoms with Crippen LogP contribution in [0.3, 0.4) is 0 Å². The first-order chi connectivity index (χ1) is 8.71. The number of hydrogen-bond donors (Lipinski definition) is 3. The van der Waals surface area contributed by atoms with Gasteiger partial charge in [-0.3, -0.25) is 0 Å². The Balaban J connectivity index is 2.26. The van der Waals surface area contributed by atoms with E-state index in [9.17, 15) is 0 Å². The molecule has 2 rings (SSSR count). The number of hydrogen-bond acceptors (Lipinski definition) is 3. The highest BCUT2D eigenvalue weighted by atomic mass is 14.8. The molecule has 2 unspecified atom stereocenters. The van der Waals surface area contributed by atoms with E-state index >= 15 is 0 Å². The summed E-state index contributed by atoms with van der Waals surface area (Å²) in [5.41, 5.74) is 21.0. The van der Waals surface area contributed by atoms with Gasteiger partial charge >= 0.3 is 0 Å². The van der Waals surface area contributed by atoms with Crippen molar-refractivity contribution in [2.75, 3.05) is 0 Å². The summed E-state index contributed by atoms with van der Waals surface area (Å²) >= 11 is 0. The molecule has 1 saturated carbocycles. The van der Waals surface area contributed by atoms with Gasteiger partial charge in [0.2, 0.25) is 0 Å². The molecule has 1 aromatic rings. The van der Waals surface area contributed by atoms with Crippen molar-refractivity contribution < 1.29 is 0 Å². The summed E-state index contributed by atoms with van der Waals surface area (Å²) in [4.78, 5) is 0. The van der Waals surface area contributed by atoms with Gasteiger partial charge in [0, 0.05) is 17.6 Å². The second-order valence-electron chi connectivity index (χ2n) is 7.15. The third-order valence-electron chi connectivity index (χ3n) is 4.18. The fourth-order valence-electron chi connectivity index (χ4n) is 3.11. The molecule has 1 aromatic carbocycles. The molecule has 106 valence electrons. The lowest BCUT2D eigenvalue weighted by molar-refractivity contribution is 0.246. The SMILES string of the molecule is CC(C)(C)c1ccc(C2(N)CC(N)CC(N)C2)cc1. The Morgan fingerprint density at radius 3 is 1.89 bits per heavy atom. The largest absolute Gasteiger partial charge is 0.328 e. The molecule has 1 aliphatic rings. The second-order valence-corrected chi connectivity index (χ2v) is 7.15. The topological polar surface area (TPSA) is 78.1 Å². The molecule has 0 saturated heterocycles. The maximum absolute atomic E-state index is 6.56. The van der Waals surface area contributed by atoms with E-state index in [1.807, 2.05) is 0 Å². The lowest BCUT2D eigenvalue weighted by Gasteiger charge is -2.40. The van der Waals surface area contributed by atoms with Gasteiger partial charge in [0.05, 0.1) is 0 Å². The highest BCUT2D eigenvalue weighted by Crippen LogP contribution is 2.34. The first-order valence-electron chi connectivity index (χ1n) is 7.12. The smallest absolute Gasteiger partial charge is 0.0439 e. The normalized spacial score (nSPS) is 32.3. The van der Waals surface area contributed by atoms with Crippen molar-refractivity contribution in [2.45, 2.75) is 63.1 Å². The standard InChI is InChI=1S/C16H27N3/c1-15(2,3)11-4-6-12(7-5-11)16(19)9-13(17)8-14(18)10-16/h4-7,13-14H,8-10,17-19H2,1-3H3. The summed E-state index contributed by atoms with van der Waals surface area (Å²) in [6.45, 7) is 6.64. The first kappa shape index (κ1) is 14.5. The van der Waals surface area contributed by atoms with Crippen LogP contribution in [0.5, 0.6) is 0 Å². The van der Waals surface area contributed by atoms with Crippen molar-refractivity contribution in [3.63, 3.8) is 0 Å². The van der Waals surface area contributed by atoms with Crippen LogP contribution in [0.4, 0.5) is 0 Å². The number of benzene rings is 1. The molecule has 1 aliphatic carbocycles. The van der Waals surface area contributed by atoms with Crippen LogP contribution in [0, 0.1) is 0 Å². The minimum atomic E-state index is -0.368. The predicted molar refractivity (Wildman–Crippen MR) is 80.8 cm³/mol. The molecule has 0 aromatic heterocycles. The minimum absolute atomic E-state index is 0.107.